The molecule has 4 saturated carbocycles. The first-order valence-corrected chi connectivity index (χ1v) is 16.4. The number of hydrogen-bond acceptors (Lipinski definition) is 1. The van der Waals surface area contributed by atoms with Gasteiger partial charge in [0.2, 0.25) is 0 Å². The number of halogens is 1. The van der Waals surface area contributed by atoms with E-state index in [0.29, 0.717) is 0 Å². The lowest BCUT2D eigenvalue weighted by molar-refractivity contribution is -0.0399. The van der Waals surface area contributed by atoms with Crippen LogP contribution in [0.1, 0.15) is 43.2 Å². The predicted molar refractivity (Wildman–Crippen MR) is 178 cm³/mol. The molecule has 0 radical (unpaired) electrons. The summed E-state index contributed by atoms with van der Waals surface area (Å²) in [4.78, 5) is 2.46. The highest BCUT2D eigenvalue weighted by molar-refractivity contribution is 9.10. The maximum Gasteiger partial charge on any atom is 0.0465 e. The minimum atomic E-state index is 0.136. The Morgan fingerprint density at radius 2 is 1.02 bits per heavy atom. The van der Waals surface area contributed by atoms with E-state index in [1.807, 2.05) is 0 Å². The van der Waals surface area contributed by atoms with Gasteiger partial charge in [0.15, 0.2) is 0 Å². The Morgan fingerprint density at radius 1 is 0.500 bits per heavy atom. The van der Waals surface area contributed by atoms with E-state index in [4.69, 9.17) is 0 Å². The Morgan fingerprint density at radius 3 is 1.69 bits per heavy atom. The zero-order valence-corrected chi connectivity index (χ0v) is 25.3. The van der Waals surface area contributed by atoms with Crippen molar-refractivity contribution in [3.05, 3.63) is 137 Å². The van der Waals surface area contributed by atoms with Crippen LogP contribution in [0.4, 0.5) is 17.1 Å². The molecule has 0 atom stereocenters. The molecule has 0 aliphatic heterocycles. The van der Waals surface area contributed by atoms with Gasteiger partial charge in [-0.2, -0.15) is 0 Å². The summed E-state index contributed by atoms with van der Waals surface area (Å²) in [7, 11) is 0. The Hall–Kier alpha value is -3.62. The van der Waals surface area contributed by atoms with E-state index >= 15 is 0 Å². The van der Waals surface area contributed by atoms with Crippen LogP contribution in [0.3, 0.4) is 0 Å². The molecule has 4 bridgehead atoms. The molecule has 4 fully saturated rings. The van der Waals surface area contributed by atoms with Crippen molar-refractivity contribution in [3.8, 4) is 22.3 Å². The van der Waals surface area contributed by atoms with E-state index in [1.54, 1.807) is 11.1 Å². The van der Waals surface area contributed by atoms with Crippen molar-refractivity contribution in [2.45, 2.75) is 37.5 Å². The molecule has 5 aliphatic carbocycles. The standard InChI is InChI=1S/C40H34BrN/c41-32-13-17-36-37-18-16-35(25-39(37)40(38(36)24-32)30-20-26-19-27(22-30)23-31(40)21-26)42(33-9-5-2-6-10-33)34-14-11-29(12-15-34)28-7-3-1-4-8-28/h1-18,24-27,30-31H,19-23H2. The molecule has 2 heteroatoms. The Labute approximate surface area is 257 Å². The fourth-order valence-electron chi connectivity index (χ4n) is 9.75. The average Bonchev–Trinajstić information content (AvgIpc) is 3.30. The van der Waals surface area contributed by atoms with Crippen molar-refractivity contribution in [1.82, 2.24) is 0 Å². The van der Waals surface area contributed by atoms with Crippen LogP contribution in [-0.2, 0) is 5.41 Å². The van der Waals surface area contributed by atoms with Crippen molar-refractivity contribution in [2.75, 3.05) is 4.90 Å². The molecule has 5 aliphatic rings. The molecule has 0 aromatic heterocycles. The summed E-state index contributed by atoms with van der Waals surface area (Å²) in [6.45, 7) is 0. The van der Waals surface area contributed by atoms with Crippen LogP contribution in [-0.4, -0.2) is 0 Å². The van der Waals surface area contributed by atoms with Gasteiger partial charge < -0.3 is 4.90 Å². The highest BCUT2D eigenvalue weighted by atomic mass is 79.9. The smallest absolute Gasteiger partial charge is 0.0465 e. The van der Waals surface area contributed by atoms with Crippen LogP contribution < -0.4 is 4.90 Å². The number of rotatable bonds is 4. The molecule has 0 heterocycles. The number of benzene rings is 5. The monoisotopic (exact) mass is 607 g/mol. The third-order valence-corrected chi connectivity index (χ3v) is 11.6. The topological polar surface area (TPSA) is 3.24 Å². The van der Waals surface area contributed by atoms with Crippen molar-refractivity contribution >= 4 is 33.0 Å². The fraction of sp³-hybridized carbons (Fsp3) is 0.250. The zero-order chi connectivity index (χ0) is 27.8. The van der Waals surface area contributed by atoms with Gasteiger partial charge in [0, 0.05) is 26.9 Å². The van der Waals surface area contributed by atoms with Gasteiger partial charge in [-0.25, -0.2) is 0 Å². The molecule has 5 aromatic rings. The van der Waals surface area contributed by atoms with Gasteiger partial charge in [-0.3, -0.25) is 0 Å². The van der Waals surface area contributed by atoms with E-state index in [2.05, 4.69) is 142 Å². The fourth-order valence-corrected chi connectivity index (χ4v) is 10.1. The maximum absolute atomic E-state index is 3.87. The lowest BCUT2D eigenvalue weighted by atomic mass is 9.43. The highest BCUT2D eigenvalue weighted by Crippen LogP contribution is 2.69. The van der Waals surface area contributed by atoms with Crippen LogP contribution in [0, 0.1) is 23.7 Å². The van der Waals surface area contributed by atoms with Crippen molar-refractivity contribution in [3.63, 3.8) is 0 Å². The normalized spacial score (nSPS) is 26.3. The summed E-state index contributed by atoms with van der Waals surface area (Å²) in [6, 6.07) is 45.2. The third-order valence-electron chi connectivity index (χ3n) is 11.1. The van der Waals surface area contributed by atoms with Gasteiger partial charge in [0.25, 0.3) is 0 Å². The second-order valence-electron chi connectivity index (χ2n) is 13.2. The summed E-state index contributed by atoms with van der Waals surface area (Å²) in [6.07, 6.45) is 7.05. The summed E-state index contributed by atoms with van der Waals surface area (Å²) in [5, 5.41) is 0. The average molecular weight is 609 g/mol. The van der Waals surface area contributed by atoms with Gasteiger partial charge in [-0.15, -0.1) is 0 Å². The van der Waals surface area contributed by atoms with E-state index < -0.39 is 0 Å². The molecule has 0 unspecified atom stereocenters. The van der Waals surface area contributed by atoms with Gasteiger partial charge in [-0.1, -0.05) is 88.7 Å². The maximum atomic E-state index is 3.87. The van der Waals surface area contributed by atoms with E-state index in [-0.39, 0.29) is 5.41 Å². The molecule has 206 valence electrons. The summed E-state index contributed by atoms with van der Waals surface area (Å²) in [5.41, 5.74) is 12.4. The minimum Gasteiger partial charge on any atom is -0.310 e. The quantitative estimate of drug-likeness (QED) is 0.196. The number of anilines is 3. The first kappa shape index (κ1) is 24.9. The van der Waals surface area contributed by atoms with Crippen molar-refractivity contribution < 1.29 is 0 Å². The van der Waals surface area contributed by atoms with Gasteiger partial charge in [0.1, 0.15) is 0 Å². The first-order valence-electron chi connectivity index (χ1n) is 15.6. The SMILES string of the molecule is Brc1ccc2c(c1)C1(c3cc(N(c4ccccc4)c4ccc(-c5ccccc5)cc4)ccc3-2)C2CC3CC(C2)CC1C3. The van der Waals surface area contributed by atoms with E-state index in [9.17, 15) is 0 Å². The molecule has 0 saturated heterocycles. The summed E-state index contributed by atoms with van der Waals surface area (Å²) in [5.74, 6) is 3.36. The number of hydrogen-bond donors (Lipinski definition) is 0. The van der Waals surface area contributed by atoms with Crippen molar-refractivity contribution in [1.29, 1.82) is 0 Å². The van der Waals surface area contributed by atoms with E-state index in [0.717, 1.165) is 23.7 Å². The zero-order valence-electron chi connectivity index (χ0n) is 23.7. The summed E-state index contributed by atoms with van der Waals surface area (Å²) < 4.78 is 1.21. The lowest BCUT2D eigenvalue weighted by Crippen LogP contribution is -2.55. The molecular formula is C40H34BrN. The van der Waals surface area contributed by atoms with Crippen LogP contribution >= 0.6 is 15.9 Å². The lowest BCUT2D eigenvalue weighted by Gasteiger charge is -2.61. The molecule has 5 aromatic carbocycles. The molecule has 1 spiro atoms. The molecule has 42 heavy (non-hydrogen) atoms. The van der Waals surface area contributed by atoms with E-state index in [1.165, 1.54) is 75.9 Å². The number of fused-ring (bicyclic) bond motifs is 3. The van der Waals surface area contributed by atoms with Crippen LogP contribution in [0.5, 0.6) is 0 Å². The molecular weight excluding hydrogens is 574 g/mol. The summed E-state index contributed by atoms with van der Waals surface area (Å²) >= 11 is 3.87. The number of para-hydroxylation sites is 1. The van der Waals surface area contributed by atoms with Crippen LogP contribution in [0.2, 0.25) is 0 Å². The van der Waals surface area contributed by atoms with Gasteiger partial charge >= 0.3 is 0 Å². The molecule has 0 N–H and O–H groups in total. The second kappa shape index (κ2) is 9.44. The highest BCUT2D eigenvalue weighted by Gasteiger charge is 2.61. The first-order chi connectivity index (χ1) is 20.7. The Bertz CT molecular complexity index is 1760. The van der Waals surface area contributed by atoms with Crippen molar-refractivity contribution in [2.24, 2.45) is 23.7 Å². The van der Waals surface area contributed by atoms with Gasteiger partial charge in [0.05, 0.1) is 0 Å². The van der Waals surface area contributed by atoms with Crippen LogP contribution in [0.15, 0.2) is 126 Å². The van der Waals surface area contributed by atoms with Gasteiger partial charge in [-0.05, 0) is 138 Å². The Kier molecular flexibility index (Phi) is 5.61. The third kappa shape index (κ3) is 3.61. The predicted octanol–water partition coefficient (Wildman–Crippen LogP) is 11.3. The molecule has 1 nitrogen and oxygen atoms in total. The largest absolute Gasteiger partial charge is 0.310 e. The molecule has 10 rings (SSSR count). The second-order valence-corrected chi connectivity index (χ2v) is 14.1. The molecule has 0 amide bonds. The Balaban J connectivity index is 1.22. The van der Waals surface area contributed by atoms with Crippen LogP contribution in [0.25, 0.3) is 22.3 Å². The minimum absolute atomic E-state index is 0.136. The number of nitrogens with zero attached hydrogens (tertiary/aromatic N) is 1.